The summed E-state index contributed by atoms with van der Waals surface area (Å²) in [6.07, 6.45) is 1.68. The maximum atomic E-state index is 6.05. The molecule has 0 saturated heterocycles. The summed E-state index contributed by atoms with van der Waals surface area (Å²) >= 11 is 6.05. The topological polar surface area (TPSA) is 48.1 Å². The van der Waals surface area contributed by atoms with Gasteiger partial charge in [-0.05, 0) is 36.8 Å². The zero-order valence-corrected chi connectivity index (χ0v) is 10.2. The smallest absolute Gasteiger partial charge is 0.145 e. The molecule has 0 aliphatic rings. The summed E-state index contributed by atoms with van der Waals surface area (Å²) in [4.78, 5) is 4.15. The molecular formula is C13H13ClN2O. The van der Waals surface area contributed by atoms with E-state index in [0.717, 1.165) is 11.3 Å². The van der Waals surface area contributed by atoms with Crippen LogP contribution in [-0.4, -0.2) is 4.98 Å². The average Bonchev–Trinajstić information content (AvgIpc) is 2.32. The molecule has 1 aromatic heterocycles. The van der Waals surface area contributed by atoms with E-state index in [0.29, 0.717) is 23.1 Å². The fourth-order valence-electron chi connectivity index (χ4n) is 1.41. The molecular weight excluding hydrogens is 236 g/mol. The molecule has 0 fully saturated rings. The zero-order valence-electron chi connectivity index (χ0n) is 9.48. The lowest BCUT2D eigenvalue weighted by Crippen LogP contribution is -1.97. The number of benzene rings is 1. The Labute approximate surface area is 105 Å². The van der Waals surface area contributed by atoms with Gasteiger partial charge >= 0.3 is 0 Å². The van der Waals surface area contributed by atoms with Crippen molar-refractivity contribution in [3.8, 4) is 11.5 Å². The lowest BCUT2D eigenvalue weighted by atomic mass is 10.2. The van der Waals surface area contributed by atoms with Gasteiger partial charge in [-0.3, -0.25) is 4.98 Å². The van der Waals surface area contributed by atoms with Crippen LogP contribution in [-0.2, 0) is 6.54 Å². The largest absolute Gasteiger partial charge is 0.456 e. The van der Waals surface area contributed by atoms with Gasteiger partial charge in [0.25, 0.3) is 0 Å². The van der Waals surface area contributed by atoms with Crippen LogP contribution in [0, 0.1) is 6.92 Å². The van der Waals surface area contributed by atoms with E-state index in [1.54, 1.807) is 12.3 Å². The third-order valence-corrected chi connectivity index (χ3v) is 2.72. The SMILES string of the molecule is Cc1ccc(Oc2ccc(CN)c(Cl)c2)cn1. The molecule has 2 rings (SSSR count). The van der Waals surface area contributed by atoms with E-state index >= 15 is 0 Å². The molecule has 0 aliphatic heterocycles. The number of ether oxygens (including phenoxy) is 1. The Bertz CT molecular complexity index is 511. The normalized spacial score (nSPS) is 10.3. The van der Waals surface area contributed by atoms with Crippen molar-refractivity contribution in [2.75, 3.05) is 0 Å². The van der Waals surface area contributed by atoms with Crippen LogP contribution >= 0.6 is 11.6 Å². The highest BCUT2D eigenvalue weighted by molar-refractivity contribution is 6.31. The van der Waals surface area contributed by atoms with Crippen molar-refractivity contribution in [2.45, 2.75) is 13.5 Å². The van der Waals surface area contributed by atoms with Crippen LogP contribution in [0.1, 0.15) is 11.3 Å². The zero-order chi connectivity index (χ0) is 12.3. The lowest BCUT2D eigenvalue weighted by molar-refractivity contribution is 0.480. The van der Waals surface area contributed by atoms with Crippen LogP contribution in [0.4, 0.5) is 0 Å². The lowest BCUT2D eigenvalue weighted by Gasteiger charge is -2.07. The van der Waals surface area contributed by atoms with Gasteiger partial charge in [0.1, 0.15) is 11.5 Å². The molecule has 0 spiro atoms. The monoisotopic (exact) mass is 248 g/mol. The molecule has 0 bridgehead atoms. The van der Waals surface area contributed by atoms with Crippen LogP contribution in [0.5, 0.6) is 11.5 Å². The summed E-state index contributed by atoms with van der Waals surface area (Å²) in [5, 5.41) is 0.616. The average molecular weight is 249 g/mol. The number of nitrogens with zero attached hydrogens (tertiary/aromatic N) is 1. The van der Waals surface area contributed by atoms with Gasteiger partial charge in [-0.2, -0.15) is 0 Å². The summed E-state index contributed by atoms with van der Waals surface area (Å²) in [7, 11) is 0. The van der Waals surface area contributed by atoms with Crippen molar-refractivity contribution in [1.82, 2.24) is 4.98 Å². The summed E-state index contributed by atoms with van der Waals surface area (Å²) in [6.45, 7) is 2.35. The molecule has 2 N–H and O–H groups in total. The molecule has 1 heterocycles. The van der Waals surface area contributed by atoms with Crippen molar-refractivity contribution in [3.63, 3.8) is 0 Å². The molecule has 0 aliphatic carbocycles. The molecule has 0 saturated carbocycles. The molecule has 1 aromatic carbocycles. The van der Waals surface area contributed by atoms with E-state index in [1.807, 2.05) is 31.2 Å². The Morgan fingerprint density at radius 3 is 2.59 bits per heavy atom. The maximum absolute atomic E-state index is 6.05. The van der Waals surface area contributed by atoms with Gasteiger partial charge < -0.3 is 10.5 Å². The minimum atomic E-state index is 0.422. The molecule has 0 amide bonds. The third-order valence-electron chi connectivity index (χ3n) is 2.36. The number of hydrogen-bond acceptors (Lipinski definition) is 3. The van der Waals surface area contributed by atoms with Crippen molar-refractivity contribution < 1.29 is 4.74 Å². The Morgan fingerprint density at radius 1 is 1.24 bits per heavy atom. The second kappa shape index (κ2) is 5.17. The summed E-state index contributed by atoms with van der Waals surface area (Å²) in [6, 6.07) is 9.22. The summed E-state index contributed by atoms with van der Waals surface area (Å²) in [5.41, 5.74) is 7.39. The number of hydrogen-bond donors (Lipinski definition) is 1. The molecule has 2 aromatic rings. The highest BCUT2D eigenvalue weighted by Gasteiger charge is 2.02. The van der Waals surface area contributed by atoms with Gasteiger partial charge in [0, 0.05) is 17.3 Å². The molecule has 0 unspecified atom stereocenters. The van der Waals surface area contributed by atoms with Crippen LogP contribution < -0.4 is 10.5 Å². The van der Waals surface area contributed by atoms with Crippen LogP contribution in [0.3, 0.4) is 0 Å². The van der Waals surface area contributed by atoms with E-state index in [-0.39, 0.29) is 0 Å². The van der Waals surface area contributed by atoms with Crippen molar-refractivity contribution in [2.24, 2.45) is 5.73 Å². The second-order valence-electron chi connectivity index (χ2n) is 3.69. The van der Waals surface area contributed by atoms with E-state index < -0.39 is 0 Å². The Hall–Kier alpha value is -1.58. The standard InChI is InChI=1S/C13H13ClN2O/c1-9-2-4-12(8-16-9)17-11-5-3-10(7-15)13(14)6-11/h2-6,8H,7,15H2,1H3. The Balaban J connectivity index is 2.19. The minimum absolute atomic E-state index is 0.422. The van der Waals surface area contributed by atoms with Gasteiger partial charge in [-0.1, -0.05) is 17.7 Å². The number of aryl methyl sites for hydroxylation is 1. The van der Waals surface area contributed by atoms with Gasteiger partial charge in [-0.15, -0.1) is 0 Å². The molecule has 88 valence electrons. The van der Waals surface area contributed by atoms with Crippen molar-refractivity contribution >= 4 is 11.6 Å². The minimum Gasteiger partial charge on any atom is -0.456 e. The summed E-state index contributed by atoms with van der Waals surface area (Å²) in [5.74, 6) is 1.37. The molecule has 3 nitrogen and oxygen atoms in total. The highest BCUT2D eigenvalue weighted by atomic mass is 35.5. The number of halogens is 1. The predicted octanol–water partition coefficient (Wildman–Crippen LogP) is 3.29. The number of rotatable bonds is 3. The van der Waals surface area contributed by atoms with Gasteiger partial charge in [0.05, 0.1) is 6.20 Å². The first-order valence-electron chi connectivity index (χ1n) is 5.28. The fraction of sp³-hybridized carbons (Fsp3) is 0.154. The van der Waals surface area contributed by atoms with Crippen LogP contribution in [0.25, 0.3) is 0 Å². The maximum Gasteiger partial charge on any atom is 0.145 e. The van der Waals surface area contributed by atoms with Crippen LogP contribution in [0.2, 0.25) is 5.02 Å². The van der Waals surface area contributed by atoms with Crippen molar-refractivity contribution in [3.05, 3.63) is 52.8 Å². The van der Waals surface area contributed by atoms with E-state index in [2.05, 4.69) is 4.98 Å². The fourth-order valence-corrected chi connectivity index (χ4v) is 1.66. The number of nitrogens with two attached hydrogens (primary N) is 1. The molecule has 0 atom stereocenters. The van der Waals surface area contributed by atoms with Crippen LogP contribution in [0.15, 0.2) is 36.5 Å². The first kappa shape index (κ1) is 11.9. The highest BCUT2D eigenvalue weighted by Crippen LogP contribution is 2.26. The van der Waals surface area contributed by atoms with Gasteiger partial charge in [-0.25, -0.2) is 0 Å². The quantitative estimate of drug-likeness (QED) is 0.907. The number of pyridine rings is 1. The second-order valence-corrected chi connectivity index (χ2v) is 4.10. The third kappa shape index (κ3) is 2.96. The summed E-state index contributed by atoms with van der Waals surface area (Å²) < 4.78 is 5.63. The Morgan fingerprint density at radius 2 is 2.00 bits per heavy atom. The van der Waals surface area contributed by atoms with E-state index in [1.165, 1.54) is 0 Å². The molecule has 0 radical (unpaired) electrons. The van der Waals surface area contributed by atoms with Gasteiger partial charge in [0.15, 0.2) is 0 Å². The Kier molecular flexibility index (Phi) is 3.61. The first-order valence-corrected chi connectivity index (χ1v) is 5.66. The van der Waals surface area contributed by atoms with Crippen molar-refractivity contribution in [1.29, 1.82) is 0 Å². The molecule has 17 heavy (non-hydrogen) atoms. The van der Waals surface area contributed by atoms with Gasteiger partial charge in [0.2, 0.25) is 0 Å². The predicted molar refractivity (Wildman–Crippen MR) is 68.4 cm³/mol. The molecule has 4 heteroatoms. The van der Waals surface area contributed by atoms with E-state index in [9.17, 15) is 0 Å². The number of aromatic nitrogens is 1. The first-order chi connectivity index (χ1) is 8.19. The van der Waals surface area contributed by atoms with E-state index in [4.69, 9.17) is 22.1 Å².